The molecule has 1 amide bonds. The van der Waals surface area contributed by atoms with Crippen LogP contribution in [0.2, 0.25) is 0 Å². The molecule has 4 aromatic rings. The molecule has 0 bridgehead atoms. The normalized spacial score (nSPS) is 16.1. The third kappa shape index (κ3) is 6.91. The Kier molecular flexibility index (Phi) is 8.32. The van der Waals surface area contributed by atoms with Crippen LogP contribution in [0.25, 0.3) is 11.0 Å². The number of benzene rings is 2. The molecule has 2 aromatic carbocycles. The van der Waals surface area contributed by atoms with E-state index in [1.54, 1.807) is 24.4 Å². The standard InChI is InChI=1S/C26H26N6O9S2/c1-42(36,37)31-10-11-40-19(16-31)15-28-22-7-6-20(13-23(22)32(34)35)43(38,39)30-26(33)21-4-2-3-5-24(21)41-18-12-17-8-9-27-25(17)29-14-18/h2-9,12-14,19,28H,10-11,15-16H2,1H3,(H,27,29)(H,30,33). The van der Waals surface area contributed by atoms with Crippen molar-refractivity contribution in [2.75, 3.05) is 37.8 Å². The molecule has 1 aliphatic rings. The van der Waals surface area contributed by atoms with Gasteiger partial charge in [-0.1, -0.05) is 12.1 Å². The Hall–Kier alpha value is -4.58. The van der Waals surface area contributed by atoms with Gasteiger partial charge in [0.05, 0.1) is 40.5 Å². The van der Waals surface area contributed by atoms with Crippen molar-refractivity contribution in [2.24, 2.45) is 0 Å². The van der Waals surface area contributed by atoms with Gasteiger partial charge in [0.15, 0.2) is 0 Å². The van der Waals surface area contributed by atoms with Gasteiger partial charge < -0.3 is 19.8 Å². The number of fused-ring (bicyclic) bond motifs is 1. The van der Waals surface area contributed by atoms with Crippen LogP contribution >= 0.6 is 0 Å². The number of nitro groups is 1. The Morgan fingerprint density at radius 3 is 2.74 bits per heavy atom. The number of nitro benzene ring substituents is 1. The van der Waals surface area contributed by atoms with Crippen LogP contribution in [0.4, 0.5) is 11.4 Å². The van der Waals surface area contributed by atoms with Gasteiger partial charge in [0.1, 0.15) is 22.8 Å². The molecule has 3 N–H and O–H groups in total. The molecule has 5 rings (SSSR count). The quantitative estimate of drug-likeness (QED) is 0.172. The third-order valence-electron chi connectivity index (χ3n) is 6.53. The molecule has 1 unspecified atom stereocenters. The number of sulfonamides is 2. The van der Waals surface area contributed by atoms with Crippen molar-refractivity contribution in [1.82, 2.24) is 19.0 Å². The summed E-state index contributed by atoms with van der Waals surface area (Å²) < 4.78 is 64.5. The van der Waals surface area contributed by atoms with Gasteiger partial charge in [-0.2, -0.15) is 4.31 Å². The topological polar surface area (TPSA) is 203 Å². The largest absolute Gasteiger partial charge is 0.455 e. The first-order valence-electron chi connectivity index (χ1n) is 12.8. The van der Waals surface area contributed by atoms with Crippen molar-refractivity contribution in [3.05, 3.63) is 82.7 Å². The van der Waals surface area contributed by atoms with Crippen LogP contribution in [0, 0.1) is 10.1 Å². The summed E-state index contributed by atoms with van der Waals surface area (Å²) in [7, 11) is -7.99. The number of aromatic nitrogens is 2. The minimum absolute atomic E-state index is 0.0119. The molecule has 2 aromatic heterocycles. The summed E-state index contributed by atoms with van der Waals surface area (Å²) >= 11 is 0. The lowest BCUT2D eigenvalue weighted by molar-refractivity contribution is -0.384. The summed E-state index contributed by atoms with van der Waals surface area (Å²) in [6, 6.07) is 12.6. The zero-order chi connectivity index (χ0) is 30.8. The first-order chi connectivity index (χ1) is 20.4. The highest BCUT2D eigenvalue weighted by Gasteiger charge is 2.28. The Labute approximate surface area is 246 Å². The fourth-order valence-electron chi connectivity index (χ4n) is 4.40. The van der Waals surface area contributed by atoms with Crippen molar-refractivity contribution in [2.45, 2.75) is 11.0 Å². The molecule has 1 saturated heterocycles. The zero-order valence-electron chi connectivity index (χ0n) is 22.6. The minimum Gasteiger partial charge on any atom is -0.455 e. The molecule has 43 heavy (non-hydrogen) atoms. The number of nitrogens with one attached hydrogen (secondary N) is 3. The number of carbonyl (C=O) groups excluding carboxylic acids is 1. The van der Waals surface area contributed by atoms with Gasteiger partial charge in [0.2, 0.25) is 10.0 Å². The number of aromatic amines is 1. The molecule has 3 heterocycles. The first kappa shape index (κ1) is 29.9. The molecule has 1 aliphatic heterocycles. The van der Waals surface area contributed by atoms with Crippen LogP contribution in [-0.2, 0) is 24.8 Å². The van der Waals surface area contributed by atoms with E-state index in [1.165, 1.54) is 34.8 Å². The number of hydrogen-bond donors (Lipinski definition) is 3. The molecule has 15 nitrogen and oxygen atoms in total. The van der Waals surface area contributed by atoms with Crippen LogP contribution in [0.5, 0.6) is 11.5 Å². The molecule has 0 spiro atoms. The van der Waals surface area contributed by atoms with E-state index in [-0.39, 0.29) is 43.2 Å². The molecular formula is C26H26N6O9S2. The number of morpholine rings is 1. The molecule has 17 heteroatoms. The van der Waals surface area contributed by atoms with Crippen LogP contribution in [0.1, 0.15) is 10.4 Å². The highest BCUT2D eigenvalue weighted by Crippen LogP contribution is 2.30. The van der Waals surface area contributed by atoms with Gasteiger partial charge >= 0.3 is 0 Å². The van der Waals surface area contributed by atoms with Crippen molar-refractivity contribution >= 4 is 48.4 Å². The summed E-state index contributed by atoms with van der Waals surface area (Å²) in [5.74, 6) is -0.630. The molecule has 1 fully saturated rings. The molecule has 0 aliphatic carbocycles. The maximum Gasteiger partial charge on any atom is 0.293 e. The van der Waals surface area contributed by atoms with E-state index in [0.717, 1.165) is 23.8 Å². The number of ether oxygens (including phenoxy) is 2. The minimum atomic E-state index is -4.55. The number of carbonyl (C=O) groups is 1. The van der Waals surface area contributed by atoms with Gasteiger partial charge in [-0.3, -0.25) is 14.9 Å². The number of amides is 1. The number of hydrogen-bond acceptors (Lipinski definition) is 11. The first-order valence-corrected chi connectivity index (χ1v) is 16.1. The predicted octanol–water partition coefficient (Wildman–Crippen LogP) is 2.45. The third-order valence-corrected chi connectivity index (χ3v) is 9.13. The maximum absolute atomic E-state index is 13.1. The van der Waals surface area contributed by atoms with Crippen LogP contribution in [0.3, 0.4) is 0 Å². The second kappa shape index (κ2) is 12.0. The van der Waals surface area contributed by atoms with Gasteiger partial charge in [-0.05, 0) is 36.4 Å². The Balaban J connectivity index is 1.31. The average Bonchev–Trinajstić information content (AvgIpc) is 3.44. The van der Waals surface area contributed by atoms with Gasteiger partial charge in [-0.15, -0.1) is 0 Å². The van der Waals surface area contributed by atoms with Crippen molar-refractivity contribution < 1.29 is 36.0 Å². The molecular weight excluding hydrogens is 604 g/mol. The summed E-state index contributed by atoms with van der Waals surface area (Å²) in [5, 5.41) is 15.4. The monoisotopic (exact) mass is 630 g/mol. The summed E-state index contributed by atoms with van der Waals surface area (Å²) in [6.07, 6.45) is 3.65. The van der Waals surface area contributed by atoms with Crippen LogP contribution < -0.4 is 14.8 Å². The van der Waals surface area contributed by atoms with Gasteiger partial charge in [-0.25, -0.2) is 26.5 Å². The second-order valence-electron chi connectivity index (χ2n) is 9.55. The van der Waals surface area contributed by atoms with E-state index in [9.17, 15) is 31.7 Å². The van der Waals surface area contributed by atoms with Gasteiger partial charge in [0.25, 0.3) is 21.6 Å². The Bertz CT molecular complexity index is 1910. The Morgan fingerprint density at radius 2 is 1.98 bits per heavy atom. The summed E-state index contributed by atoms with van der Waals surface area (Å²) in [4.78, 5) is 30.8. The lowest BCUT2D eigenvalue weighted by Gasteiger charge is -2.31. The predicted molar refractivity (Wildman–Crippen MR) is 155 cm³/mol. The molecule has 226 valence electrons. The van der Waals surface area contributed by atoms with E-state index in [0.29, 0.717) is 11.4 Å². The van der Waals surface area contributed by atoms with E-state index in [4.69, 9.17) is 9.47 Å². The number of pyridine rings is 1. The van der Waals surface area contributed by atoms with E-state index >= 15 is 0 Å². The fraction of sp³-hybridized carbons (Fsp3) is 0.231. The number of H-pyrrole nitrogens is 1. The van der Waals surface area contributed by atoms with E-state index in [1.807, 2.05) is 4.72 Å². The van der Waals surface area contributed by atoms with E-state index < -0.39 is 47.6 Å². The summed E-state index contributed by atoms with van der Waals surface area (Å²) in [5.41, 5.74) is -0.0334. The number of para-hydroxylation sites is 1. The molecule has 1 atom stereocenters. The number of rotatable bonds is 10. The SMILES string of the molecule is CS(=O)(=O)N1CCOC(CNc2ccc(S(=O)(=O)NC(=O)c3ccccc3Oc3cnc4[nH]ccc4c3)cc2[N+](=O)[O-])C1. The smallest absolute Gasteiger partial charge is 0.293 e. The second-order valence-corrected chi connectivity index (χ2v) is 13.2. The van der Waals surface area contributed by atoms with Gasteiger partial charge in [0, 0.05) is 37.3 Å². The number of anilines is 1. The fourth-order valence-corrected chi connectivity index (χ4v) is 6.23. The lowest BCUT2D eigenvalue weighted by atomic mass is 10.2. The molecule has 0 saturated carbocycles. The van der Waals surface area contributed by atoms with Crippen LogP contribution in [-0.4, -0.2) is 80.5 Å². The molecule has 0 radical (unpaired) electrons. The van der Waals surface area contributed by atoms with Crippen molar-refractivity contribution in [3.63, 3.8) is 0 Å². The highest BCUT2D eigenvalue weighted by atomic mass is 32.2. The number of nitrogens with zero attached hydrogens (tertiary/aromatic N) is 3. The van der Waals surface area contributed by atoms with Crippen molar-refractivity contribution in [1.29, 1.82) is 0 Å². The maximum atomic E-state index is 13.1. The van der Waals surface area contributed by atoms with Crippen molar-refractivity contribution in [3.8, 4) is 11.5 Å². The highest BCUT2D eigenvalue weighted by molar-refractivity contribution is 7.90. The summed E-state index contributed by atoms with van der Waals surface area (Å²) in [6.45, 7) is 0.441. The Morgan fingerprint density at radius 1 is 1.19 bits per heavy atom. The average molecular weight is 631 g/mol. The van der Waals surface area contributed by atoms with E-state index in [2.05, 4.69) is 15.3 Å². The van der Waals surface area contributed by atoms with Crippen LogP contribution in [0.15, 0.2) is 71.9 Å². The zero-order valence-corrected chi connectivity index (χ0v) is 24.2. The lowest BCUT2D eigenvalue weighted by Crippen LogP contribution is -2.47.